The number of piperidine rings is 1. The first kappa shape index (κ1) is 18.0. The zero-order valence-corrected chi connectivity index (χ0v) is 15.7. The second-order valence-corrected chi connectivity index (χ2v) is 7.60. The lowest BCUT2D eigenvalue weighted by molar-refractivity contribution is -0.0945. The third-order valence-electron chi connectivity index (χ3n) is 4.92. The summed E-state index contributed by atoms with van der Waals surface area (Å²) in [6.45, 7) is 11.8. The predicted octanol–water partition coefficient (Wildman–Crippen LogP) is 1.95. The Hall–Kier alpha value is -1.82. The molecular formula is C19H31N5O. The zero-order valence-electron chi connectivity index (χ0n) is 15.7. The highest BCUT2D eigenvalue weighted by atomic mass is 16.5. The number of ether oxygens (including phenoxy) is 1. The first-order valence-corrected chi connectivity index (χ1v) is 9.38. The second-order valence-electron chi connectivity index (χ2n) is 7.60. The van der Waals surface area contributed by atoms with Crippen molar-refractivity contribution in [3.05, 3.63) is 23.9 Å². The molecule has 0 atom stereocenters. The van der Waals surface area contributed by atoms with Gasteiger partial charge in [-0.25, -0.2) is 4.98 Å². The maximum absolute atomic E-state index is 5.32. The van der Waals surface area contributed by atoms with Gasteiger partial charge in [-0.2, -0.15) is 0 Å². The van der Waals surface area contributed by atoms with Crippen LogP contribution in [0.5, 0.6) is 0 Å². The lowest BCUT2D eigenvalue weighted by Crippen LogP contribution is -2.50. The van der Waals surface area contributed by atoms with E-state index in [9.17, 15) is 0 Å². The molecule has 2 N–H and O–H groups in total. The van der Waals surface area contributed by atoms with Gasteiger partial charge in [-0.05, 0) is 38.3 Å². The van der Waals surface area contributed by atoms with Crippen LogP contribution in [0.2, 0.25) is 0 Å². The molecule has 2 aliphatic rings. The number of aryl methyl sites for hydroxylation is 1. The molecule has 3 rings (SSSR count). The Labute approximate surface area is 151 Å². The number of rotatable bonds is 5. The highest BCUT2D eigenvalue weighted by Crippen LogP contribution is 2.26. The first-order valence-electron chi connectivity index (χ1n) is 9.38. The Balaban J connectivity index is 1.50. The van der Waals surface area contributed by atoms with E-state index in [-0.39, 0.29) is 5.41 Å². The number of pyridine rings is 1. The van der Waals surface area contributed by atoms with Crippen LogP contribution in [0.15, 0.2) is 23.3 Å². The molecule has 0 unspecified atom stereocenters. The fraction of sp³-hybridized carbons (Fsp3) is 0.684. The van der Waals surface area contributed by atoms with Crippen molar-refractivity contribution in [2.24, 2.45) is 10.4 Å². The van der Waals surface area contributed by atoms with Crippen molar-refractivity contribution in [3.8, 4) is 0 Å². The number of guanidine groups is 1. The van der Waals surface area contributed by atoms with Crippen LogP contribution in [0.3, 0.4) is 0 Å². The lowest BCUT2D eigenvalue weighted by atomic mass is 9.89. The predicted molar refractivity (Wildman–Crippen MR) is 102 cm³/mol. The summed E-state index contributed by atoms with van der Waals surface area (Å²) in [5.41, 5.74) is 1.42. The van der Waals surface area contributed by atoms with Crippen LogP contribution in [0.25, 0.3) is 0 Å². The fourth-order valence-electron chi connectivity index (χ4n) is 3.23. The van der Waals surface area contributed by atoms with Crippen molar-refractivity contribution in [1.82, 2.24) is 15.6 Å². The van der Waals surface area contributed by atoms with Gasteiger partial charge in [0, 0.05) is 37.3 Å². The van der Waals surface area contributed by atoms with E-state index < -0.39 is 0 Å². The van der Waals surface area contributed by atoms with E-state index in [0.717, 1.165) is 64.0 Å². The smallest absolute Gasteiger partial charge is 0.191 e. The van der Waals surface area contributed by atoms with E-state index in [4.69, 9.17) is 9.73 Å². The van der Waals surface area contributed by atoms with Gasteiger partial charge in [-0.1, -0.05) is 13.0 Å². The molecule has 138 valence electrons. The van der Waals surface area contributed by atoms with Gasteiger partial charge in [0.15, 0.2) is 5.96 Å². The summed E-state index contributed by atoms with van der Waals surface area (Å²) in [5.74, 6) is 2.02. The summed E-state index contributed by atoms with van der Waals surface area (Å²) in [6, 6.07) is 4.72. The molecular weight excluding hydrogens is 314 g/mol. The molecule has 1 aromatic rings. The fourth-order valence-corrected chi connectivity index (χ4v) is 3.23. The minimum Gasteiger partial charge on any atom is -0.380 e. The quantitative estimate of drug-likeness (QED) is 0.631. The Morgan fingerprint density at radius 2 is 2.12 bits per heavy atom. The van der Waals surface area contributed by atoms with Crippen LogP contribution in [0, 0.1) is 12.3 Å². The molecule has 0 spiro atoms. The molecule has 0 aromatic carbocycles. The van der Waals surface area contributed by atoms with Gasteiger partial charge in [0.1, 0.15) is 5.82 Å². The van der Waals surface area contributed by atoms with Gasteiger partial charge in [-0.3, -0.25) is 4.99 Å². The van der Waals surface area contributed by atoms with Gasteiger partial charge in [0.05, 0.1) is 19.8 Å². The van der Waals surface area contributed by atoms with Crippen molar-refractivity contribution in [2.75, 3.05) is 44.3 Å². The van der Waals surface area contributed by atoms with E-state index in [0.29, 0.717) is 6.04 Å². The average molecular weight is 345 g/mol. The molecule has 0 bridgehead atoms. The minimum absolute atomic E-state index is 0.211. The van der Waals surface area contributed by atoms with Crippen molar-refractivity contribution >= 4 is 11.8 Å². The molecule has 2 saturated heterocycles. The Kier molecular flexibility index (Phi) is 5.78. The van der Waals surface area contributed by atoms with Crippen molar-refractivity contribution in [1.29, 1.82) is 0 Å². The van der Waals surface area contributed by atoms with Gasteiger partial charge in [0.2, 0.25) is 0 Å². The first-order chi connectivity index (χ1) is 12.1. The van der Waals surface area contributed by atoms with Crippen molar-refractivity contribution in [2.45, 2.75) is 39.7 Å². The maximum atomic E-state index is 5.32. The molecule has 6 heteroatoms. The van der Waals surface area contributed by atoms with Crippen molar-refractivity contribution in [3.63, 3.8) is 0 Å². The van der Waals surface area contributed by atoms with Crippen LogP contribution in [0.4, 0.5) is 5.82 Å². The van der Waals surface area contributed by atoms with E-state index >= 15 is 0 Å². The maximum Gasteiger partial charge on any atom is 0.191 e. The molecule has 0 saturated carbocycles. The molecule has 0 amide bonds. The van der Waals surface area contributed by atoms with E-state index in [1.165, 1.54) is 5.56 Å². The third-order valence-corrected chi connectivity index (χ3v) is 4.92. The number of anilines is 1. The number of hydrogen-bond acceptors (Lipinski definition) is 4. The van der Waals surface area contributed by atoms with E-state index in [1.807, 2.05) is 6.20 Å². The SMILES string of the molecule is CCNC(=NCC1(C)COC1)NC1CCN(c2ccc(C)cn2)CC1. The molecule has 2 fully saturated rings. The molecule has 0 aliphatic carbocycles. The standard InChI is InChI=1S/C19H31N5O/c1-4-20-18(22-12-19(3)13-25-14-19)23-16-7-9-24(10-8-16)17-6-5-15(2)11-21-17/h5-6,11,16H,4,7-10,12-14H2,1-3H3,(H2,20,22,23). The van der Waals surface area contributed by atoms with Gasteiger partial charge in [-0.15, -0.1) is 0 Å². The normalized spacial score (nSPS) is 20.9. The van der Waals surface area contributed by atoms with Crippen LogP contribution in [0.1, 0.15) is 32.3 Å². The summed E-state index contributed by atoms with van der Waals surface area (Å²) in [6.07, 6.45) is 4.14. The monoisotopic (exact) mass is 345 g/mol. The number of nitrogens with zero attached hydrogens (tertiary/aromatic N) is 3. The Morgan fingerprint density at radius 3 is 2.68 bits per heavy atom. The molecule has 2 aliphatic heterocycles. The van der Waals surface area contributed by atoms with Crippen LogP contribution < -0.4 is 15.5 Å². The molecule has 3 heterocycles. The van der Waals surface area contributed by atoms with Gasteiger partial charge < -0.3 is 20.3 Å². The lowest BCUT2D eigenvalue weighted by Gasteiger charge is -2.37. The minimum atomic E-state index is 0.211. The van der Waals surface area contributed by atoms with Crippen LogP contribution in [-0.2, 0) is 4.74 Å². The average Bonchev–Trinajstić information content (AvgIpc) is 2.60. The number of nitrogens with one attached hydrogen (secondary N) is 2. The van der Waals surface area contributed by atoms with Crippen LogP contribution in [-0.4, -0.2) is 56.4 Å². The van der Waals surface area contributed by atoms with Crippen LogP contribution >= 0.6 is 0 Å². The summed E-state index contributed by atoms with van der Waals surface area (Å²) >= 11 is 0. The molecule has 25 heavy (non-hydrogen) atoms. The number of aliphatic imine (C=N–C) groups is 1. The van der Waals surface area contributed by atoms with E-state index in [2.05, 4.69) is 53.4 Å². The third kappa shape index (κ3) is 4.84. The zero-order chi connectivity index (χ0) is 17.7. The topological polar surface area (TPSA) is 61.8 Å². The molecule has 1 aromatic heterocycles. The van der Waals surface area contributed by atoms with Gasteiger partial charge >= 0.3 is 0 Å². The van der Waals surface area contributed by atoms with Crippen molar-refractivity contribution < 1.29 is 4.74 Å². The van der Waals surface area contributed by atoms with E-state index in [1.54, 1.807) is 0 Å². The summed E-state index contributed by atoms with van der Waals surface area (Å²) in [5, 5.41) is 6.98. The Morgan fingerprint density at radius 1 is 1.36 bits per heavy atom. The summed E-state index contributed by atoms with van der Waals surface area (Å²) in [4.78, 5) is 11.7. The largest absolute Gasteiger partial charge is 0.380 e. The molecule has 6 nitrogen and oxygen atoms in total. The van der Waals surface area contributed by atoms with Gasteiger partial charge in [0.25, 0.3) is 0 Å². The summed E-state index contributed by atoms with van der Waals surface area (Å²) < 4.78 is 5.32. The second kappa shape index (κ2) is 8.04. The highest BCUT2D eigenvalue weighted by Gasteiger charge is 2.33. The summed E-state index contributed by atoms with van der Waals surface area (Å²) in [7, 11) is 0. The molecule has 0 radical (unpaired) electrons. The number of aromatic nitrogens is 1. The Bertz CT molecular complexity index is 574. The number of hydrogen-bond donors (Lipinski definition) is 2. The highest BCUT2D eigenvalue weighted by molar-refractivity contribution is 5.80.